The van der Waals surface area contributed by atoms with Crippen molar-refractivity contribution >= 4 is 17.2 Å². The van der Waals surface area contributed by atoms with Crippen LogP contribution < -0.4 is 11.1 Å². The highest BCUT2D eigenvalue weighted by molar-refractivity contribution is 7.09. The van der Waals surface area contributed by atoms with Gasteiger partial charge in [0, 0.05) is 17.3 Å². The van der Waals surface area contributed by atoms with Gasteiger partial charge in [0.1, 0.15) is 0 Å². The molecule has 1 aromatic rings. The van der Waals surface area contributed by atoms with E-state index in [9.17, 15) is 4.79 Å². The zero-order valence-corrected chi connectivity index (χ0v) is 11.8. The van der Waals surface area contributed by atoms with E-state index >= 15 is 0 Å². The normalized spacial score (nSPS) is 20.3. The topological polar surface area (TPSA) is 55.1 Å². The van der Waals surface area contributed by atoms with E-state index in [4.69, 9.17) is 5.73 Å². The fourth-order valence-corrected chi connectivity index (χ4v) is 3.39. The Hall–Kier alpha value is -0.870. The van der Waals surface area contributed by atoms with Crippen LogP contribution in [0.25, 0.3) is 0 Å². The number of nitrogens with one attached hydrogen (secondary N) is 1. The lowest BCUT2D eigenvalue weighted by molar-refractivity contribution is -0.128. The first-order valence-corrected chi connectivity index (χ1v) is 7.60. The van der Waals surface area contributed by atoms with Gasteiger partial charge in [0.15, 0.2) is 0 Å². The first kappa shape index (κ1) is 13.6. The number of carbonyl (C=O) groups excluding carboxylic acids is 1. The summed E-state index contributed by atoms with van der Waals surface area (Å²) in [6, 6.07) is 4.30. The Balaban J connectivity index is 1.86. The van der Waals surface area contributed by atoms with Crippen LogP contribution in [0.5, 0.6) is 0 Å². The molecule has 3 N–H and O–H groups in total. The number of nitrogens with two attached hydrogens (primary N) is 1. The van der Waals surface area contributed by atoms with Crippen molar-refractivity contribution in [3.63, 3.8) is 0 Å². The van der Waals surface area contributed by atoms with Crippen molar-refractivity contribution in [2.75, 3.05) is 0 Å². The first-order chi connectivity index (χ1) is 8.60. The quantitative estimate of drug-likeness (QED) is 0.879. The number of rotatable bonds is 4. The molecule has 1 unspecified atom stereocenters. The summed E-state index contributed by atoms with van der Waals surface area (Å²) in [5.74, 6) is 0.0336. The molecule has 0 aliphatic heterocycles. The van der Waals surface area contributed by atoms with Gasteiger partial charge in [-0.2, -0.15) is 0 Å². The molecular weight excluding hydrogens is 244 g/mol. The SMILES string of the molecule is CC(Cc1cccs1)NC(=O)C1(N)CCCCC1. The predicted octanol–water partition coefficient (Wildman–Crippen LogP) is 2.46. The van der Waals surface area contributed by atoms with Gasteiger partial charge < -0.3 is 11.1 Å². The minimum atomic E-state index is -0.623. The smallest absolute Gasteiger partial charge is 0.240 e. The lowest BCUT2D eigenvalue weighted by Gasteiger charge is -2.33. The zero-order valence-electron chi connectivity index (χ0n) is 10.9. The number of hydrogen-bond donors (Lipinski definition) is 2. The van der Waals surface area contributed by atoms with Crippen LogP contribution in [0.1, 0.15) is 43.9 Å². The molecule has 1 heterocycles. The molecule has 0 spiro atoms. The van der Waals surface area contributed by atoms with Gasteiger partial charge in [-0.25, -0.2) is 0 Å². The van der Waals surface area contributed by atoms with Crippen LogP contribution in [0.15, 0.2) is 17.5 Å². The Morgan fingerprint density at radius 2 is 2.22 bits per heavy atom. The molecule has 0 aromatic carbocycles. The summed E-state index contributed by atoms with van der Waals surface area (Å²) >= 11 is 1.73. The van der Waals surface area contributed by atoms with Gasteiger partial charge >= 0.3 is 0 Å². The average Bonchev–Trinajstić information content (AvgIpc) is 2.82. The standard InChI is InChI=1S/C14H22N2OS/c1-11(10-12-6-5-9-18-12)16-13(17)14(15)7-3-2-4-8-14/h5-6,9,11H,2-4,7-8,10,15H2,1H3,(H,16,17). The van der Waals surface area contributed by atoms with E-state index in [0.29, 0.717) is 0 Å². The molecule has 1 aromatic heterocycles. The lowest BCUT2D eigenvalue weighted by Crippen LogP contribution is -2.56. The second kappa shape index (κ2) is 5.85. The second-order valence-corrected chi connectivity index (χ2v) is 6.41. The fraction of sp³-hybridized carbons (Fsp3) is 0.643. The lowest BCUT2D eigenvalue weighted by atomic mass is 9.81. The summed E-state index contributed by atoms with van der Waals surface area (Å²) < 4.78 is 0. The molecule has 1 amide bonds. The van der Waals surface area contributed by atoms with E-state index in [0.717, 1.165) is 32.1 Å². The maximum Gasteiger partial charge on any atom is 0.240 e. The predicted molar refractivity (Wildman–Crippen MR) is 75.6 cm³/mol. The van der Waals surface area contributed by atoms with Gasteiger partial charge in [-0.05, 0) is 31.2 Å². The molecular formula is C14H22N2OS. The molecule has 1 atom stereocenters. The Labute approximate surface area is 113 Å². The molecule has 1 saturated carbocycles. The third-order valence-electron chi connectivity index (χ3n) is 3.66. The summed E-state index contributed by atoms with van der Waals surface area (Å²) in [5.41, 5.74) is 5.59. The van der Waals surface area contributed by atoms with Gasteiger partial charge in [0.05, 0.1) is 5.54 Å². The van der Waals surface area contributed by atoms with Crippen LogP contribution in [0.2, 0.25) is 0 Å². The molecule has 18 heavy (non-hydrogen) atoms. The summed E-state index contributed by atoms with van der Waals surface area (Å²) in [6.07, 6.45) is 5.89. The van der Waals surface area contributed by atoms with Gasteiger partial charge in [0.2, 0.25) is 5.91 Å². The molecule has 0 radical (unpaired) electrons. The summed E-state index contributed by atoms with van der Waals surface area (Å²) in [4.78, 5) is 13.5. The maximum atomic E-state index is 12.2. The molecule has 1 fully saturated rings. The molecule has 4 heteroatoms. The molecule has 100 valence electrons. The zero-order chi connectivity index (χ0) is 13.0. The molecule has 0 saturated heterocycles. The van der Waals surface area contributed by atoms with Gasteiger partial charge in [0.25, 0.3) is 0 Å². The van der Waals surface area contributed by atoms with E-state index in [2.05, 4.69) is 16.8 Å². The fourth-order valence-electron chi connectivity index (χ4n) is 2.56. The third kappa shape index (κ3) is 3.33. The van der Waals surface area contributed by atoms with Gasteiger partial charge in [-0.1, -0.05) is 25.3 Å². The van der Waals surface area contributed by atoms with Crippen LogP contribution in [-0.2, 0) is 11.2 Å². The average molecular weight is 266 g/mol. The summed E-state index contributed by atoms with van der Waals surface area (Å²) in [7, 11) is 0. The van der Waals surface area contributed by atoms with Crippen LogP contribution in [-0.4, -0.2) is 17.5 Å². The minimum absolute atomic E-state index is 0.0336. The molecule has 3 nitrogen and oxygen atoms in total. The van der Waals surface area contributed by atoms with Crippen molar-refractivity contribution in [3.05, 3.63) is 22.4 Å². The number of hydrogen-bond acceptors (Lipinski definition) is 3. The Morgan fingerprint density at radius 1 is 1.50 bits per heavy atom. The van der Waals surface area contributed by atoms with E-state index < -0.39 is 5.54 Å². The Morgan fingerprint density at radius 3 is 2.83 bits per heavy atom. The minimum Gasteiger partial charge on any atom is -0.352 e. The highest BCUT2D eigenvalue weighted by Gasteiger charge is 2.35. The molecule has 2 rings (SSSR count). The summed E-state index contributed by atoms with van der Waals surface area (Å²) in [5, 5.41) is 5.14. The van der Waals surface area contributed by atoms with E-state index in [-0.39, 0.29) is 11.9 Å². The molecule has 1 aliphatic carbocycles. The maximum absolute atomic E-state index is 12.2. The van der Waals surface area contributed by atoms with Crippen molar-refractivity contribution in [3.8, 4) is 0 Å². The van der Waals surface area contributed by atoms with Crippen molar-refractivity contribution in [2.24, 2.45) is 5.73 Å². The van der Waals surface area contributed by atoms with E-state index in [1.54, 1.807) is 11.3 Å². The van der Waals surface area contributed by atoms with Crippen LogP contribution in [0.4, 0.5) is 0 Å². The number of thiophene rings is 1. The largest absolute Gasteiger partial charge is 0.352 e. The van der Waals surface area contributed by atoms with Crippen LogP contribution >= 0.6 is 11.3 Å². The van der Waals surface area contributed by atoms with Gasteiger partial charge in [-0.3, -0.25) is 4.79 Å². The van der Waals surface area contributed by atoms with Gasteiger partial charge in [-0.15, -0.1) is 11.3 Å². The summed E-state index contributed by atoms with van der Waals surface area (Å²) in [6.45, 7) is 2.05. The third-order valence-corrected chi connectivity index (χ3v) is 4.56. The Kier molecular flexibility index (Phi) is 4.40. The number of carbonyl (C=O) groups is 1. The number of amides is 1. The Bertz CT molecular complexity index is 383. The molecule has 0 bridgehead atoms. The van der Waals surface area contributed by atoms with Crippen molar-refractivity contribution < 1.29 is 4.79 Å². The van der Waals surface area contributed by atoms with Crippen LogP contribution in [0.3, 0.4) is 0 Å². The van der Waals surface area contributed by atoms with Crippen molar-refractivity contribution in [1.29, 1.82) is 0 Å². The monoisotopic (exact) mass is 266 g/mol. The first-order valence-electron chi connectivity index (χ1n) is 6.72. The highest BCUT2D eigenvalue weighted by atomic mass is 32.1. The van der Waals surface area contributed by atoms with Crippen LogP contribution in [0, 0.1) is 0 Å². The molecule has 1 aliphatic rings. The van der Waals surface area contributed by atoms with E-state index in [1.165, 1.54) is 11.3 Å². The van der Waals surface area contributed by atoms with Crippen molar-refractivity contribution in [1.82, 2.24) is 5.32 Å². The van der Waals surface area contributed by atoms with Crippen molar-refractivity contribution in [2.45, 2.75) is 57.0 Å². The highest BCUT2D eigenvalue weighted by Crippen LogP contribution is 2.26. The second-order valence-electron chi connectivity index (χ2n) is 5.37. The van der Waals surface area contributed by atoms with E-state index in [1.807, 2.05) is 13.0 Å².